The summed E-state index contributed by atoms with van der Waals surface area (Å²) in [5.41, 5.74) is 0.0877. The molecule has 1 aromatic carbocycles. The van der Waals surface area contributed by atoms with E-state index in [9.17, 15) is 18.0 Å². The minimum Gasteiger partial charge on any atom is -0.370 e. The largest absolute Gasteiger partial charge is 0.370 e. The van der Waals surface area contributed by atoms with Gasteiger partial charge >= 0.3 is 0 Å². The maximum Gasteiger partial charge on any atom is 0.237 e. The average Bonchev–Trinajstić information content (AvgIpc) is 2.98. The van der Waals surface area contributed by atoms with E-state index in [-0.39, 0.29) is 54.5 Å². The summed E-state index contributed by atoms with van der Waals surface area (Å²) < 4.78 is 40.8. The number of piperidine rings is 1. The number of likely N-dealkylation sites (tertiary alicyclic amines) is 1. The molecule has 1 aliphatic carbocycles. The smallest absolute Gasteiger partial charge is 0.237 e. The van der Waals surface area contributed by atoms with Crippen LogP contribution >= 0.6 is 0 Å². The molecule has 2 aliphatic heterocycles. The summed E-state index contributed by atoms with van der Waals surface area (Å²) >= 11 is 0. The van der Waals surface area contributed by atoms with Crippen LogP contribution in [0.1, 0.15) is 12.0 Å². The van der Waals surface area contributed by atoms with Crippen LogP contribution < -0.4 is 10.2 Å². The van der Waals surface area contributed by atoms with Crippen molar-refractivity contribution in [3.8, 4) is 12.1 Å². The zero-order valence-corrected chi connectivity index (χ0v) is 14.9. The highest BCUT2D eigenvalue weighted by molar-refractivity contribution is 5.79. The van der Waals surface area contributed by atoms with E-state index >= 15 is 0 Å². The molecule has 9 heteroatoms. The first-order valence-corrected chi connectivity index (χ1v) is 9.13. The van der Waals surface area contributed by atoms with Crippen LogP contribution in [0.5, 0.6) is 0 Å². The van der Waals surface area contributed by atoms with Crippen molar-refractivity contribution < 1.29 is 18.0 Å². The number of alkyl halides is 1. The Bertz CT molecular complexity index is 883. The Morgan fingerprint density at radius 1 is 1.21 bits per heavy atom. The van der Waals surface area contributed by atoms with E-state index in [1.54, 1.807) is 11.0 Å². The van der Waals surface area contributed by atoms with Gasteiger partial charge in [-0.3, -0.25) is 4.79 Å². The molecule has 1 amide bonds. The van der Waals surface area contributed by atoms with Gasteiger partial charge in [-0.25, -0.2) is 13.2 Å². The molecule has 2 heterocycles. The predicted molar refractivity (Wildman–Crippen MR) is 92.7 cm³/mol. The van der Waals surface area contributed by atoms with Gasteiger partial charge in [0, 0.05) is 31.6 Å². The molecule has 0 bridgehead atoms. The first kappa shape index (κ1) is 18.6. The van der Waals surface area contributed by atoms with Crippen LogP contribution in [0.2, 0.25) is 0 Å². The topological polar surface area (TPSA) is 83.2 Å². The van der Waals surface area contributed by atoms with Crippen molar-refractivity contribution in [2.75, 3.05) is 31.1 Å². The number of nitriles is 2. The highest BCUT2D eigenvalue weighted by Crippen LogP contribution is 2.47. The lowest BCUT2D eigenvalue weighted by Gasteiger charge is -2.24. The van der Waals surface area contributed by atoms with Crippen LogP contribution in [0, 0.1) is 46.1 Å². The summed E-state index contributed by atoms with van der Waals surface area (Å²) in [6, 6.07) is 4.98. The van der Waals surface area contributed by atoms with E-state index in [0.29, 0.717) is 19.2 Å². The first-order valence-electron chi connectivity index (χ1n) is 9.13. The third kappa shape index (κ3) is 3.16. The highest BCUT2D eigenvalue weighted by Gasteiger charge is 2.56. The number of carbonyl (C=O) groups excluding carboxylic acids is 1. The van der Waals surface area contributed by atoms with Gasteiger partial charge in [-0.05, 0) is 17.9 Å². The van der Waals surface area contributed by atoms with E-state index in [1.807, 2.05) is 6.07 Å². The quantitative estimate of drug-likeness (QED) is 0.840. The minimum absolute atomic E-state index is 0.0284. The lowest BCUT2D eigenvalue weighted by atomic mass is 10.1. The van der Waals surface area contributed by atoms with Gasteiger partial charge in [0.05, 0.1) is 24.8 Å². The Balaban J connectivity index is 1.32. The summed E-state index contributed by atoms with van der Waals surface area (Å²) in [4.78, 5) is 15.3. The fourth-order valence-electron chi connectivity index (χ4n) is 4.44. The lowest BCUT2D eigenvalue weighted by molar-refractivity contribution is -0.130. The van der Waals surface area contributed by atoms with E-state index < -0.39 is 23.8 Å². The maximum absolute atomic E-state index is 13.8. The average molecular weight is 389 g/mol. The summed E-state index contributed by atoms with van der Waals surface area (Å²) in [5, 5.41) is 21.3. The lowest BCUT2D eigenvalue weighted by Crippen LogP contribution is -2.43. The van der Waals surface area contributed by atoms with Gasteiger partial charge in [0.25, 0.3) is 0 Å². The summed E-state index contributed by atoms with van der Waals surface area (Å²) in [5.74, 6) is -1.47. The third-order valence-corrected chi connectivity index (χ3v) is 5.89. The third-order valence-electron chi connectivity index (χ3n) is 5.89. The number of fused-ring (bicyclic) bond motifs is 1. The van der Waals surface area contributed by atoms with E-state index in [1.165, 1.54) is 11.0 Å². The Morgan fingerprint density at radius 3 is 2.57 bits per heavy atom. The van der Waals surface area contributed by atoms with Crippen LogP contribution in [-0.4, -0.2) is 55.2 Å². The molecular formula is C19H18F3N5O. The van der Waals surface area contributed by atoms with Crippen molar-refractivity contribution in [3.63, 3.8) is 0 Å². The van der Waals surface area contributed by atoms with Crippen molar-refractivity contribution in [2.45, 2.75) is 24.7 Å². The molecule has 6 nitrogen and oxygen atoms in total. The number of halogens is 3. The number of nitrogens with zero attached hydrogens (tertiary/aromatic N) is 4. The summed E-state index contributed by atoms with van der Waals surface area (Å²) in [7, 11) is 0. The Morgan fingerprint density at radius 2 is 1.93 bits per heavy atom. The number of benzene rings is 1. The molecule has 1 N–H and O–H groups in total. The van der Waals surface area contributed by atoms with Gasteiger partial charge in [0.1, 0.15) is 35.5 Å². The predicted octanol–water partition coefficient (Wildman–Crippen LogP) is 1.32. The molecule has 4 rings (SSSR count). The van der Waals surface area contributed by atoms with Crippen molar-refractivity contribution in [1.29, 1.82) is 10.5 Å². The number of amides is 1. The van der Waals surface area contributed by atoms with E-state index in [4.69, 9.17) is 10.5 Å². The number of carbonyl (C=O) groups is 1. The molecule has 1 unspecified atom stereocenters. The molecule has 0 aromatic heterocycles. The van der Waals surface area contributed by atoms with Crippen LogP contribution in [0.15, 0.2) is 12.1 Å². The fraction of sp³-hybridized carbons (Fsp3) is 0.526. The van der Waals surface area contributed by atoms with Crippen molar-refractivity contribution in [2.24, 2.45) is 11.8 Å². The number of hydrogen-bond donors (Lipinski definition) is 1. The van der Waals surface area contributed by atoms with Crippen molar-refractivity contribution in [1.82, 2.24) is 10.2 Å². The second-order valence-corrected chi connectivity index (χ2v) is 7.56. The Kier molecular flexibility index (Phi) is 4.64. The maximum atomic E-state index is 13.8. The summed E-state index contributed by atoms with van der Waals surface area (Å²) in [6.07, 6.45) is -1.11. The van der Waals surface area contributed by atoms with Crippen LogP contribution in [0.25, 0.3) is 0 Å². The molecule has 28 heavy (non-hydrogen) atoms. The van der Waals surface area contributed by atoms with Gasteiger partial charge in [0.15, 0.2) is 0 Å². The molecule has 1 aromatic rings. The Labute approximate surface area is 160 Å². The first-order chi connectivity index (χ1) is 13.4. The van der Waals surface area contributed by atoms with Crippen LogP contribution in [-0.2, 0) is 4.79 Å². The van der Waals surface area contributed by atoms with Gasteiger partial charge in [-0.15, -0.1) is 0 Å². The van der Waals surface area contributed by atoms with E-state index in [2.05, 4.69) is 5.32 Å². The van der Waals surface area contributed by atoms with Gasteiger partial charge in [-0.1, -0.05) is 0 Å². The zero-order valence-electron chi connectivity index (χ0n) is 14.9. The number of nitrogens with one attached hydrogen (secondary N) is 1. The monoisotopic (exact) mass is 389 g/mol. The molecule has 1 saturated carbocycles. The fourth-order valence-corrected chi connectivity index (χ4v) is 4.44. The van der Waals surface area contributed by atoms with Gasteiger partial charge in [0.2, 0.25) is 5.91 Å². The summed E-state index contributed by atoms with van der Waals surface area (Å²) in [6.45, 7) is 1.04. The molecule has 3 aliphatic rings. The standard InChI is InChI=1S/C19H18F3N5O/c20-10-2-16(22)13(5-24)17(3-10)26-8-14-15(9-26)19(14)25-6-18(28)27-7-11(21)1-12(27)4-23/h2-3,11-12,14-15,19,25H,1,6-9H2/t11-,12-,14-,15+,19?/m0/s1. The van der Waals surface area contributed by atoms with Gasteiger partial charge in [-0.2, -0.15) is 10.5 Å². The molecule has 146 valence electrons. The van der Waals surface area contributed by atoms with Crippen molar-refractivity contribution >= 4 is 11.6 Å². The molecule has 0 spiro atoms. The number of anilines is 1. The highest BCUT2D eigenvalue weighted by atomic mass is 19.1. The molecule has 3 fully saturated rings. The van der Waals surface area contributed by atoms with Crippen molar-refractivity contribution in [3.05, 3.63) is 29.3 Å². The Hall–Kier alpha value is -2.78. The second-order valence-electron chi connectivity index (χ2n) is 7.56. The number of rotatable bonds is 4. The van der Waals surface area contributed by atoms with Crippen LogP contribution in [0.3, 0.4) is 0 Å². The molecule has 5 atom stereocenters. The molecular weight excluding hydrogens is 371 g/mol. The molecule has 0 radical (unpaired) electrons. The normalized spacial score (nSPS) is 30.7. The zero-order chi connectivity index (χ0) is 20.0. The van der Waals surface area contributed by atoms with Gasteiger partial charge < -0.3 is 15.1 Å². The SMILES string of the molecule is N#Cc1c(F)cc(F)cc1N1C[C@@H]2C(NCC(=O)N3C[C@@H](F)C[C@H]3C#N)[C@@H]2C1. The molecule has 2 saturated heterocycles. The number of hydrogen-bond acceptors (Lipinski definition) is 5. The van der Waals surface area contributed by atoms with Crippen LogP contribution in [0.4, 0.5) is 18.9 Å². The van der Waals surface area contributed by atoms with E-state index in [0.717, 1.165) is 0 Å². The second kappa shape index (κ2) is 6.99. The minimum atomic E-state index is -1.16.